The van der Waals surface area contributed by atoms with Crippen molar-refractivity contribution < 1.29 is 22.3 Å². The van der Waals surface area contributed by atoms with Crippen LogP contribution in [0.4, 0.5) is 36.4 Å². The zero-order valence-corrected chi connectivity index (χ0v) is 15.7. The molecule has 29 heavy (non-hydrogen) atoms. The predicted molar refractivity (Wildman–Crippen MR) is 101 cm³/mol. The first-order valence-corrected chi connectivity index (χ1v) is 8.60. The van der Waals surface area contributed by atoms with E-state index in [1.165, 1.54) is 0 Å². The van der Waals surface area contributed by atoms with Crippen LogP contribution in [0.25, 0.3) is 0 Å². The van der Waals surface area contributed by atoms with Crippen molar-refractivity contribution in [1.29, 1.82) is 0 Å². The molecule has 0 aliphatic heterocycles. The Morgan fingerprint density at radius 3 is 2.48 bits per heavy atom. The van der Waals surface area contributed by atoms with Gasteiger partial charge < -0.3 is 25.1 Å². The van der Waals surface area contributed by atoms with E-state index in [4.69, 9.17) is 4.42 Å². The van der Waals surface area contributed by atoms with Gasteiger partial charge in [-0.25, -0.2) is 0 Å². The third-order valence-corrected chi connectivity index (χ3v) is 3.60. The summed E-state index contributed by atoms with van der Waals surface area (Å²) in [6.07, 6.45) is -4.51. The van der Waals surface area contributed by atoms with Gasteiger partial charge in [-0.1, -0.05) is 6.07 Å². The van der Waals surface area contributed by atoms with Gasteiger partial charge in [-0.05, 0) is 37.3 Å². The van der Waals surface area contributed by atoms with Crippen molar-refractivity contribution in [3.05, 3.63) is 47.9 Å². The maximum absolute atomic E-state index is 12.5. The minimum atomic E-state index is -4.51. The molecular formula is C18H19F3N6O2. The minimum absolute atomic E-state index is 0.0311. The Morgan fingerprint density at radius 1 is 1.03 bits per heavy atom. The van der Waals surface area contributed by atoms with E-state index < -0.39 is 18.8 Å². The van der Waals surface area contributed by atoms with Crippen LogP contribution in [0, 0.1) is 6.92 Å². The van der Waals surface area contributed by atoms with Crippen LogP contribution < -0.4 is 20.7 Å². The smallest absolute Gasteiger partial charge is 0.422 e. The molecule has 3 rings (SSSR count). The number of ether oxygens (including phenoxy) is 1. The van der Waals surface area contributed by atoms with Crippen molar-refractivity contribution in [3.63, 3.8) is 0 Å². The van der Waals surface area contributed by atoms with Gasteiger partial charge in [-0.2, -0.15) is 28.1 Å². The lowest BCUT2D eigenvalue weighted by Crippen LogP contribution is -2.20. The van der Waals surface area contributed by atoms with E-state index in [0.717, 1.165) is 11.4 Å². The van der Waals surface area contributed by atoms with E-state index >= 15 is 0 Å². The maximum Gasteiger partial charge on any atom is 0.422 e. The van der Waals surface area contributed by atoms with E-state index in [0.29, 0.717) is 11.4 Å². The fourth-order valence-corrected chi connectivity index (χ4v) is 2.33. The molecule has 0 aliphatic rings. The Morgan fingerprint density at radius 2 is 1.79 bits per heavy atom. The molecule has 0 saturated heterocycles. The number of alkyl halides is 3. The van der Waals surface area contributed by atoms with Crippen LogP contribution in [0.2, 0.25) is 0 Å². The van der Waals surface area contributed by atoms with Crippen molar-refractivity contribution in [2.75, 3.05) is 29.6 Å². The first-order valence-electron chi connectivity index (χ1n) is 8.60. The molecule has 0 atom stereocenters. The molecule has 3 aromatic rings. The van der Waals surface area contributed by atoms with Crippen molar-refractivity contribution in [2.45, 2.75) is 19.6 Å². The van der Waals surface area contributed by atoms with Crippen molar-refractivity contribution in [2.24, 2.45) is 0 Å². The molecule has 154 valence electrons. The van der Waals surface area contributed by atoms with Gasteiger partial charge in [0.2, 0.25) is 11.9 Å². The zero-order chi connectivity index (χ0) is 20.9. The summed E-state index contributed by atoms with van der Waals surface area (Å²) in [5.74, 6) is 1.43. The van der Waals surface area contributed by atoms with Gasteiger partial charge in [0.15, 0.2) is 6.61 Å². The first kappa shape index (κ1) is 20.2. The Kier molecular flexibility index (Phi) is 6.05. The summed E-state index contributed by atoms with van der Waals surface area (Å²) in [7, 11) is 1.77. The minimum Gasteiger partial charge on any atom is -0.465 e. The van der Waals surface area contributed by atoms with Crippen LogP contribution in [0.5, 0.6) is 6.01 Å². The van der Waals surface area contributed by atoms with Crippen molar-refractivity contribution in [1.82, 2.24) is 15.0 Å². The van der Waals surface area contributed by atoms with Crippen LogP contribution in [-0.4, -0.2) is 34.8 Å². The van der Waals surface area contributed by atoms with Gasteiger partial charge in [-0.3, -0.25) is 0 Å². The molecule has 8 nitrogen and oxygen atoms in total. The summed E-state index contributed by atoms with van der Waals surface area (Å²) >= 11 is 0. The summed E-state index contributed by atoms with van der Waals surface area (Å²) in [6.45, 7) is 0.532. The van der Waals surface area contributed by atoms with Gasteiger partial charge >= 0.3 is 12.2 Å². The number of hydrogen-bond donors (Lipinski definition) is 3. The van der Waals surface area contributed by atoms with Gasteiger partial charge in [0, 0.05) is 18.4 Å². The third-order valence-electron chi connectivity index (χ3n) is 3.60. The molecule has 0 bridgehead atoms. The number of halogens is 3. The molecule has 0 amide bonds. The van der Waals surface area contributed by atoms with Crippen molar-refractivity contribution in [3.8, 4) is 6.01 Å². The highest BCUT2D eigenvalue weighted by atomic mass is 19.4. The summed E-state index contributed by atoms with van der Waals surface area (Å²) in [4.78, 5) is 12.0. The van der Waals surface area contributed by atoms with Crippen LogP contribution in [0.1, 0.15) is 11.5 Å². The molecule has 0 spiro atoms. The number of anilines is 4. The third kappa shape index (κ3) is 6.26. The van der Waals surface area contributed by atoms with Gasteiger partial charge in [0.05, 0.1) is 6.54 Å². The quantitative estimate of drug-likeness (QED) is 0.512. The van der Waals surface area contributed by atoms with Crippen LogP contribution in [0.15, 0.2) is 40.8 Å². The molecule has 0 radical (unpaired) electrons. The largest absolute Gasteiger partial charge is 0.465 e. The zero-order valence-electron chi connectivity index (χ0n) is 15.7. The second kappa shape index (κ2) is 8.67. The molecule has 3 N–H and O–H groups in total. The SMILES string of the molecule is CNc1cccc(Nc2nc(NCc3ccc(C)o3)nc(OCC(F)(F)F)n2)c1. The molecule has 0 aliphatic carbocycles. The number of furan rings is 1. The molecule has 11 heteroatoms. The fourth-order valence-electron chi connectivity index (χ4n) is 2.33. The Labute approximate surface area is 164 Å². The first-order chi connectivity index (χ1) is 13.8. The molecular weight excluding hydrogens is 389 g/mol. The Hall–Kier alpha value is -3.50. The molecule has 2 aromatic heterocycles. The van der Waals surface area contributed by atoms with Crippen LogP contribution in [0.3, 0.4) is 0 Å². The molecule has 0 saturated carbocycles. The number of nitrogens with one attached hydrogen (secondary N) is 3. The predicted octanol–water partition coefficient (Wildman–Crippen LogP) is 4.11. The van der Waals surface area contributed by atoms with Gasteiger partial charge in [0.25, 0.3) is 0 Å². The average molecular weight is 408 g/mol. The van der Waals surface area contributed by atoms with E-state index in [-0.39, 0.29) is 18.4 Å². The van der Waals surface area contributed by atoms with Crippen LogP contribution in [-0.2, 0) is 6.54 Å². The lowest BCUT2D eigenvalue weighted by Gasteiger charge is -2.12. The second-order valence-electron chi connectivity index (χ2n) is 5.99. The monoisotopic (exact) mass is 408 g/mol. The fraction of sp³-hybridized carbons (Fsp3) is 0.278. The summed E-state index contributed by atoms with van der Waals surface area (Å²) in [6, 6.07) is 10.3. The van der Waals surface area contributed by atoms with E-state index in [2.05, 4.69) is 35.6 Å². The highest BCUT2D eigenvalue weighted by molar-refractivity contribution is 5.61. The highest BCUT2D eigenvalue weighted by Gasteiger charge is 2.29. The Balaban J connectivity index is 1.80. The normalized spacial score (nSPS) is 11.2. The number of benzene rings is 1. The highest BCUT2D eigenvalue weighted by Crippen LogP contribution is 2.21. The summed E-state index contributed by atoms with van der Waals surface area (Å²) in [5.41, 5.74) is 1.47. The number of aryl methyl sites for hydroxylation is 1. The molecule has 0 fully saturated rings. The molecule has 0 unspecified atom stereocenters. The van der Waals surface area contributed by atoms with Crippen molar-refractivity contribution >= 4 is 23.3 Å². The number of aromatic nitrogens is 3. The van der Waals surface area contributed by atoms with Gasteiger partial charge in [-0.15, -0.1) is 0 Å². The van der Waals surface area contributed by atoms with E-state index in [1.807, 2.05) is 6.07 Å². The Bertz CT molecular complexity index is 961. The van der Waals surface area contributed by atoms with Crippen LogP contribution >= 0.6 is 0 Å². The van der Waals surface area contributed by atoms with E-state index in [1.54, 1.807) is 44.3 Å². The number of hydrogen-bond acceptors (Lipinski definition) is 8. The second-order valence-corrected chi connectivity index (χ2v) is 5.99. The summed E-state index contributed by atoms with van der Waals surface area (Å²) < 4.78 is 47.6. The maximum atomic E-state index is 12.5. The standard InChI is InChI=1S/C18H19F3N6O2/c1-11-6-7-14(29-11)9-23-15-25-16(24-13-5-3-4-12(8-13)22-2)27-17(26-15)28-10-18(19,20)21/h3-8,22H,9-10H2,1-2H3,(H2,23,24,25,26,27). The summed E-state index contributed by atoms with van der Waals surface area (Å²) in [5, 5.41) is 8.81. The molecule has 2 heterocycles. The molecule has 1 aromatic carbocycles. The number of nitrogens with zero attached hydrogens (tertiary/aromatic N) is 3. The van der Waals surface area contributed by atoms with Gasteiger partial charge in [0.1, 0.15) is 11.5 Å². The van der Waals surface area contributed by atoms with E-state index in [9.17, 15) is 13.2 Å². The average Bonchev–Trinajstić information content (AvgIpc) is 3.09. The lowest BCUT2D eigenvalue weighted by molar-refractivity contribution is -0.154. The lowest BCUT2D eigenvalue weighted by atomic mass is 10.3. The topological polar surface area (TPSA) is 97.1 Å². The number of rotatable bonds is 8.